The fraction of sp³-hybridized carbons (Fsp3) is 0.130. The van der Waals surface area contributed by atoms with Crippen LogP contribution in [0.2, 0.25) is 5.02 Å². The molecule has 0 spiro atoms. The lowest BCUT2D eigenvalue weighted by Gasteiger charge is -2.24. The first-order chi connectivity index (χ1) is 15.2. The maximum atomic E-state index is 13.8. The number of halogens is 2. The summed E-state index contributed by atoms with van der Waals surface area (Å²) in [4.78, 5) is 12.6. The molecule has 0 aliphatic carbocycles. The van der Waals surface area contributed by atoms with Gasteiger partial charge in [-0.25, -0.2) is 18.2 Å². The van der Waals surface area contributed by atoms with Gasteiger partial charge < -0.3 is 0 Å². The van der Waals surface area contributed by atoms with Crippen LogP contribution < -0.4 is 9.73 Å². The minimum Gasteiger partial charge on any atom is -0.271 e. The quantitative estimate of drug-likeness (QED) is 0.407. The number of nitrogens with one attached hydrogen (secondary N) is 1. The van der Waals surface area contributed by atoms with Crippen LogP contribution in [-0.4, -0.2) is 27.1 Å². The van der Waals surface area contributed by atoms with E-state index in [1.165, 1.54) is 30.3 Å². The SMILES string of the molecule is Cc1ccc(S(=O)(=O)N(CC(=O)N/N=C\c2c(F)cccc2Cl)c2cccc(C)c2)cc1. The Morgan fingerprint density at radius 1 is 1.06 bits per heavy atom. The first-order valence-corrected chi connectivity index (χ1v) is 11.4. The fourth-order valence-electron chi connectivity index (χ4n) is 2.90. The van der Waals surface area contributed by atoms with Crippen molar-refractivity contribution in [3.05, 3.63) is 94.3 Å². The highest BCUT2D eigenvalue weighted by molar-refractivity contribution is 7.92. The van der Waals surface area contributed by atoms with E-state index in [1.54, 1.807) is 30.3 Å². The Morgan fingerprint density at radius 3 is 2.41 bits per heavy atom. The van der Waals surface area contributed by atoms with E-state index in [9.17, 15) is 17.6 Å². The highest BCUT2D eigenvalue weighted by Gasteiger charge is 2.27. The van der Waals surface area contributed by atoms with Gasteiger partial charge in [-0.1, -0.05) is 47.5 Å². The first kappa shape index (κ1) is 23.4. The predicted octanol–water partition coefficient (Wildman–Crippen LogP) is 4.44. The zero-order valence-corrected chi connectivity index (χ0v) is 19.0. The van der Waals surface area contributed by atoms with Crippen LogP contribution in [-0.2, 0) is 14.8 Å². The van der Waals surface area contributed by atoms with Crippen molar-refractivity contribution in [2.45, 2.75) is 18.7 Å². The van der Waals surface area contributed by atoms with Crippen molar-refractivity contribution in [2.75, 3.05) is 10.8 Å². The van der Waals surface area contributed by atoms with Gasteiger partial charge in [-0.3, -0.25) is 9.10 Å². The third kappa shape index (κ3) is 5.52. The van der Waals surface area contributed by atoms with Crippen molar-refractivity contribution < 1.29 is 17.6 Å². The van der Waals surface area contributed by atoms with Gasteiger partial charge in [-0.15, -0.1) is 0 Å². The monoisotopic (exact) mass is 473 g/mol. The third-order valence-corrected chi connectivity index (χ3v) is 6.69. The lowest BCUT2D eigenvalue weighted by Crippen LogP contribution is -2.39. The molecule has 6 nitrogen and oxygen atoms in total. The molecule has 0 saturated heterocycles. The molecule has 0 fully saturated rings. The van der Waals surface area contributed by atoms with Crippen molar-refractivity contribution >= 4 is 39.4 Å². The molecule has 1 N–H and O–H groups in total. The Hall–Kier alpha value is -3.23. The topological polar surface area (TPSA) is 78.8 Å². The fourth-order valence-corrected chi connectivity index (χ4v) is 4.53. The minimum absolute atomic E-state index is 0.0114. The van der Waals surface area contributed by atoms with Crippen LogP contribution >= 0.6 is 11.6 Å². The summed E-state index contributed by atoms with van der Waals surface area (Å²) in [6.45, 7) is 3.15. The molecule has 1 amide bonds. The lowest BCUT2D eigenvalue weighted by molar-refractivity contribution is -0.119. The number of amides is 1. The summed E-state index contributed by atoms with van der Waals surface area (Å²) in [5, 5.41) is 3.85. The van der Waals surface area contributed by atoms with E-state index in [0.29, 0.717) is 5.69 Å². The molecule has 0 aliphatic rings. The Morgan fingerprint density at radius 2 is 1.75 bits per heavy atom. The van der Waals surface area contributed by atoms with Gasteiger partial charge in [0.05, 0.1) is 21.8 Å². The van der Waals surface area contributed by atoms with Crippen LogP contribution in [0.3, 0.4) is 0 Å². The first-order valence-electron chi connectivity index (χ1n) is 9.60. The van der Waals surface area contributed by atoms with Crippen LogP contribution in [0.5, 0.6) is 0 Å². The Labute approximate surface area is 191 Å². The normalized spacial score (nSPS) is 11.5. The van der Waals surface area contributed by atoms with Crippen LogP contribution in [0.1, 0.15) is 16.7 Å². The predicted molar refractivity (Wildman–Crippen MR) is 124 cm³/mol. The van der Waals surface area contributed by atoms with Gasteiger partial charge in [0, 0.05) is 5.56 Å². The Bertz CT molecular complexity index is 1240. The number of nitrogens with zero attached hydrogens (tertiary/aromatic N) is 2. The average Bonchev–Trinajstić information content (AvgIpc) is 2.74. The molecule has 0 aromatic heterocycles. The number of aryl methyl sites for hydroxylation is 2. The molecule has 0 bridgehead atoms. The van der Waals surface area contributed by atoms with Crippen LogP contribution in [0.15, 0.2) is 76.7 Å². The summed E-state index contributed by atoms with van der Waals surface area (Å²) in [5.41, 5.74) is 4.32. The summed E-state index contributed by atoms with van der Waals surface area (Å²) in [7, 11) is -4.03. The molecule has 3 aromatic carbocycles. The van der Waals surface area contributed by atoms with Crippen molar-refractivity contribution in [1.82, 2.24) is 5.43 Å². The zero-order valence-electron chi connectivity index (χ0n) is 17.4. The van der Waals surface area contributed by atoms with Gasteiger partial charge in [0.25, 0.3) is 15.9 Å². The minimum atomic E-state index is -4.03. The molecule has 0 atom stereocenters. The van der Waals surface area contributed by atoms with Gasteiger partial charge in [-0.05, 0) is 55.8 Å². The van der Waals surface area contributed by atoms with Crippen LogP contribution in [0, 0.1) is 19.7 Å². The second-order valence-corrected chi connectivity index (χ2v) is 9.36. The van der Waals surface area contributed by atoms with Gasteiger partial charge in [0.1, 0.15) is 12.4 Å². The average molecular weight is 474 g/mol. The van der Waals surface area contributed by atoms with E-state index < -0.39 is 28.3 Å². The smallest absolute Gasteiger partial charge is 0.264 e. The number of carbonyl (C=O) groups excluding carboxylic acids is 1. The van der Waals surface area contributed by atoms with E-state index in [0.717, 1.165) is 21.6 Å². The molecule has 166 valence electrons. The van der Waals surface area contributed by atoms with E-state index in [2.05, 4.69) is 10.5 Å². The molecule has 0 unspecified atom stereocenters. The molecule has 9 heteroatoms. The largest absolute Gasteiger partial charge is 0.271 e. The third-order valence-electron chi connectivity index (χ3n) is 4.57. The standard InChI is InChI=1S/C23H21ClFN3O3S/c1-16-9-11-19(12-10-16)32(30,31)28(18-6-3-5-17(2)13-18)15-23(29)27-26-14-20-21(24)7-4-8-22(20)25/h3-14H,15H2,1-2H3,(H,27,29)/b26-14-. The van der Waals surface area contributed by atoms with E-state index >= 15 is 0 Å². The molecule has 0 saturated carbocycles. The number of carbonyl (C=O) groups is 1. The van der Waals surface area contributed by atoms with E-state index in [4.69, 9.17) is 11.6 Å². The lowest BCUT2D eigenvalue weighted by atomic mass is 10.2. The maximum absolute atomic E-state index is 13.8. The van der Waals surface area contributed by atoms with Crippen LogP contribution in [0.25, 0.3) is 0 Å². The van der Waals surface area contributed by atoms with Crippen molar-refractivity contribution in [2.24, 2.45) is 5.10 Å². The number of sulfonamides is 1. The Balaban J connectivity index is 1.87. The van der Waals surface area contributed by atoms with E-state index in [1.807, 2.05) is 19.9 Å². The number of benzene rings is 3. The second-order valence-electron chi connectivity index (χ2n) is 7.09. The number of anilines is 1. The summed E-state index contributed by atoms with van der Waals surface area (Å²) < 4.78 is 41.5. The van der Waals surface area contributed by atoms with Gasteiger partial charge in [0.2, 0.25) is 0 Å². The van der Waals surface area contributed by atoms with Crippen LogP contribution in [0.4, 0.5) is 10.1 Å². The molecular weight excluding hydrogens is 453 g/mol. The van der Waals surface area contributed by atoms with Crippen molar-refractivity contribution in [3.63, 3.8) is 0 Å². The highest BCUT2D eigenvalue weighted by atomic mass is 35.5. The summed E-state index contributed by atoms with van der Waals surface area (Å²) in [5.74, 6) is -1.30. The number of hydrogen-bond acceptors (Lipinski definition) is 4. The zero-order chi connectivity index (χ0) is 23.3. The molecule has 32 heavy (non-hydrogen) atoms. The molecular formula is C23H21ClFN3O3S. The Kier molecular flexibility index (Phi) is 7.27. The maximum Gasteiger partial charge on any atom is 0.264 e. The van der Waals surface area contributed by atoms with Gasteiger partial charge in [0.15, 0.2) is 0 Å². The molecule has 3 rings (SSSR count). The number of hydrazone groups is 1. The summed E-state index contributed by atoms with van der Waals surface area (Å²) >= 11 is 5.93. The molecule has 3 aromatic rings. The second kappa shape index (κ2) is 9.93. The molecule has 0 heterocycles. The summed E-state index contributed by atoms with van der Waals surface area (Å²) in [6.07, 6.45) is 1.07. The van der Waals surface area contributed by atoms with Crippen molar-refractivity contribution in [1.29, 1.82) is 0 Å². The molecule has 0 aliphatic heterocycles. The number of hydrogen-bond donors (Lipinski definition) is 1. The van der Waals surface area contributed by atoms with Gasteiger partial charge >= 0.3 is 0 Å². The molecule has 0 radical (unpaired) electrons. The van der Waals surface area contributed by atoms with E-state index in [-0.39, 0.29) is 15.5 Å². The highest BCUT2D eigenvalue weighted by Crippen LogP contribution is 2.24. The van der Waals surface area contributed by atoms with Gasteiger partial charge in [-0.2, -0.15) is 5.10 Å². The summed E-state index contributed by atoms with van der Waals surface area (Å²) in [6, 6.07) is 17.3. The van der Waals surface area contributed by atoms with Crippen molar-refractivity contribution in [3.8, 4) is 0 Å². The number of rotatable bonds is 7.